The number of carbonyl (C=O) groups excluding carboxylic acids is 1. The van der Waals surface area contributed by atoms with E-state index in [1.54, 1.807) is 18.3 Å². The molecule has 0 N–H and O–H groups in total. The highest BCUT2D eigenvalue weighted by molar-refractivity contribution is 8.05. The van der Waals surface area contributed by atoms with Crippen molar-refractivity contribution in [3.8, 4) is 11.1 Å². The highest BCUT2D eigenvalue weighted by Crippen LogP contribution is 2.39. The molecule has 2 heterocycles. The Bertz CT molecular complexity index is 1220. The minimum absolute atomic E-state index is 0.142. The zero-order valence-electron chi connectivity index (χ0n) is 15.7. The fourth-order valence-corrected chi connectivity index (χ4v) is 4.31. The monoisotopic (exact) mass is 428 g/mol. The number of anilines is 1. The molecule has 0 saturated heterocycles. The van der Waals surface area contributed by atoms with Crippen molar-refractivity contribution >= 4 is 38.2 Å². The van der Waals surface area contributed by atoms with E-state index in [0.717, 1.165) is 16.8 Å². The predicted octanol–water partition coefficient (Wildman–Crippen LogP) is 3.52. The second kappa shape index (κ2) is 7.13. The van der Waals surface area contributed by atoms with E-state index in [1.807, 2.05) is 42.5 Å². The van der Waals surface area contributed by atoms with Crippen LogP contribution in [0.2, 0.25) is 5.02 Å². The molecule has 0 fully saturated rings. The number of hydrazone groups is 1. The summed E-state index contributed by atoms with van der Waals surface area (Å²) in [7, 11) is -3.72. The summed E-state index contributed by atoms with van der Waals surface area (Å²) in [5.74, 6) is -0.0179. The van der Waals surface area contributed by atoms with Crippen molar-refractivity contribution in [1.82, 2.24) is 9.78 Å². The number of hydrogen-bond acceptors (Lipinski definition) is 5. The van der Waals surface area contributed by atoms with E-state index in [-0.39, 0.29) is 5.04 Å². The van der Waals surface area contributed by atoms with Gasteiger partial charge in [0.15, 0.2) is 20.7 Å². The highest BCUT2D eigenvalue weighted by Gasteiger charge is 2.39. The maximum atomic E-state index is 12.5. The Morgan fingerprint density at radius 3 is 2.31 bits per heavy atom. The summed E-state index contributed by atoms with van der Waals surface area (Å²) >= 11 is 5.99. The van der Waals surface area contributed by atoms with E-state index >= 15 is 0 Å². The van der Waals surface area contributed by atoms with Crippen LogP contribution in [0.25, 0.3) is 11.1 Å². The van der Waals surface area contributed by atoms with Gasteiger partial charge in [0.1, 0.15) is 6.04 Å². The van der Waals surface area contributed by atoms with E-state index in [0.29, 0.717) is 22.0 Å². The molecule has 0 spiro atoms. The molecule has 3 aromatic rings. The van der Waals surface area contributed by atoms with Crippen LogP contribution in [0.5, 0.6) is 0 Å². The van der Waals surface area contributed by atoms with Gasteiger partial charge in [-0.15, -0.1) is 0 Å². The van der Waals surface area contributed by atoms with Gasteiger partial charge in [-0.05, 0) is 23.3 Å². The standard InChI is InChI=1S/C20H17ClN4O3S/c1-13(26)24-20-17(14-8-10-16(21)11-9-14)12-22-25(20)18(15-6-4-3-5-7-15)19(23-24)29(2,27)28/h3-12,18H,1-2H3. The maximum Gasteiger partial charge on any atom is 0.245 e. The van der Waals surface area contributed by atoms with Gasteiger partial charge in [0.05, 0.1) is 6.20 Å². The molecule has 0 aliphatic carbocycles. The first-order valence-corrected chi connectivity index (χ1v) is 11.0. The minimum Gasteiger partial charge on any atom is -0.273 e. The number of halogens is 1. The molecule has 0 radical (unpaired) electrons. The molecule has 1 aromatic heterocycles. The number of rotatable bonds is 2. The maximum absolute atomic E-state index is 12.5. The lowest BCUT2D eigenvalue weighted by Crippen LogP contribution is -2.39. The van der Waals surface area contributed by atoms with Crippen LogP contribution in [0, 0.1) is 0 Å². The smallest absolute Gasteiger partial charge is 0.245 e. The van der Waals surface area contributed by atoms with Crippen LogP contribution in [0.15, 0.2) is 65.9 Å². The Balaban J connectivity index is 2.00. The van der Waals surface area contributed by atoms with Crippen LogP contribution in [-0.2, 0) is 14.6 Å². The van der Waals surface area contributed by atoms with Crippen LogP contribution in [0.4, 0.5) is 5.82 Å². The molecule has 4 rings (SSSR count). The molecule has 7 nitrogen and oxygen atoms in total. The van der Waals surface area contributed by atoms with Crippen molar-refractivity contribution in [3.63, 3.8) is 0 Å². The van der Waals surface area contributed by atoms with Crippen molar-refractivity contribution in [2.75, 3.05) is 11.3 Å². The summed E-state index contributed by atoms with van der Waals surface area (Å²) in [5.41, 5.74) is 2.13. The van der Waals surface area contributed by atoms with Crippen LogP contribution in [0.1, 0.15) is 18.5 Å². The molecular formula is C20H17ClN4O3S. The van der Waals surface area contributed by atoms with Crippen LogP contribution in [0.3, 0.4) is 0 Å². The molecule has 148 valence electrons. The zero-order valence-corrected chi connectivity index (χ0v) is 17.2. The summed E-state index contributed by atoms with van der Waals surface area (Å²) in [6, 6.07) is 15.4. The molecule has 1 atom stereocenters. The lowest BCUT2D eigenvalue weighted by molar-refractivity contribution is -0.116. The average molecular weight is 429 g/mol. The van der Waals surface area contributed by atoms with Gasteiger partial charge in [0.25, 0.3) is 0 Å². The summed E-state index contributed by atoms with van der Waals surface area (Å²) in [6.07, 6.45) is 2.68. The van der Waals surface area contributed by atoms with Gasteiger partial charge in [0.2, 0.25) is 5.91 Å². The van der Waals surface area contributed by atoms with Crippen molar-refractivity contribution in [1.29, 1.82) is 0 Å². The number of amides is 1. The van der Waals surface area contributed by atoms with Gasteiger partial charge in [-0.25, -0.2) is 13.1 Å². The topological polar surface area (TPSA) is 84.6 Å². The van der Waals surface area contributed by atoms with Crippen molar-refractivity contribution in [3.05, 3.63) is 71.4 Å². The van der Waals surface area contributed by atoms with Crippen molar-refractivity contribution in [2.24, 2.45) is 5.10 Å². The average Bonchev–Trinajstić information content (AvgIpc) is 3.12. The highest BCUT2D eigenvalue weighted by atomic mass is 35.5. The fraction of sp³-hybridized carbons (Fsp3) is 0.150. The van der Waals surface area contributed by atoms with Crippen LogP contribution in [-0.4, -0.2) is 35.4 Å². The van der Waals surface area contributed by atoms with E-state index in [9.17, 15) is 13.2 Å². The van der Waals surface area contributed by atoms with Gasteiger partial charge in [0, 0.05) is 23.8 Å². The quantitative estimate of drug-likeness (QED) is 0.625. The largest absolute Gasteiger partial charge is 0.273 e. The number of nitrogens with zero attached hydrogens (tertiary/aromatic N) is 4. The van der Waals surface area contributed by atoms with Crippen LogP contribution < -0.4 is 5.01 Å². The number of aromatic nitrogens is 2. The van der Waals surface area contributed by atoms with Gasteiger partial charge in [-0.1, -0.05) is 54.1 Å². The lowest BCUT2D eigenvalue weighted by Gasteiger charge is -2.30. The Labute approximate surface area is 173 Å². The molecule has 0 saturated carbocycles. The van der Waals surface area contributed by atoms with E-state index in [4.69, 9.17) is 11.6 Å². The molecule has 1 unspecified atom stereocenters. The molecule has 9 heteroatoms. The van der Waals surface area contributed by atoms with E-state index in [1.165, 1.54) is 11.6 Å². The van der Waals surface area contributed by atoms with Gasteiger partial charge >= 0.3 is 0 Å². The first kappa shape index (κ1) is 19.4. The lowest BCUT2D eigenvalue weighted by atomic mass is 10.1. The Morgan fingerprint density at radius 2 is 1.72 bits per heavy atom. The first-order chi connectivity index (χ1) is 13.8. The third-order valence-electron chi connectivity index (χ3n) is 4.60. The third-order valence-corrected chi connectivity index (χ3v) is 5.91. The predicted molar refractivity (Wildman–Crippen MR) is 113 cm³/mol. The number of carbonyl (C=O) groups is 1. The fourth-order valence-electron chi connectivity index (χ4n) is 3.31. The number of fused-ring (bicyclic) bond motifs is 1. The third kappa shape index (κ3) is 3.45. The number of sulfone groups is 1. The van der Waals surface area contributed by atoms with Gasteiger partial charge < -0.3 is 0 Å². The molecule has 0 bridgehead atoms. The normalized spacial score (nSPS) is 16.3. The summed E-state index contributed by atoms with van der Waals surface area (Å²) in [4.78, 5) is 12.4. The second-order valence-electron chi connectivity index (χ2n) is 6.69. The second-order valence-corrected chi connectivity index (χ2v) is 9.09. The summed E-state index contributed by atoms with van der Waals surface area (Å²) in [6.45, 7) is 1.33. The Morgan fingerprint density at radius 1 is 1.07 bits per heavy atom. The molecule has 2 aromatic carbocycles. The Kier molecular flexibility index (Phi) is 4.76. The van der Waals surface area contributed by atoms with Crippen LogP contribution >= 0.6 is 11.6 Å². The van der Waals surface area contributed by atoms with Gasteiger partial charge in [-0.3, -0.25) is 4.79 Å². The minimum atomic E-state index is -3.72. The molecule has 1 aliphatic rings. The summed E-state index contributed by atoms with van der Waals surface area (Å²) in [5, 5.41) is 10.2. The van der Waals surface area contributed by atoms with Crippen molar-refractivity contribution in [2.45, 2.75) is 13.0 Å². The number of benzene rings is 2. The van der Waals surface area contributed by atoms with Gasteiger partial charge in [-0.2, -0.15) is 15.2 Å². The zero-order chi connectivity index (χ0) is 20.8. The van der Waals surface area contributed by atoms with Crippen molar-refractivity contribution < 1.29 is 13.2 Å². The SMILES string of the molecule is CC(=O)N1N=C(S(C)(=O)=O)C(c2ccccc2)n2ncc(-c3ccc(Cl)cc3)c21. The molecule has 1 amide bonds. The number of hydrogen-bond donors (Lipinski definition) is 0. The summed E-state index contributed by atoms with van der Waals surface area (Å²) < 4.78 is 26.6. The Hall–Kier alpha value is -2.97. The molecular weight excluding hydrogens is 412 g/mol. The molecule has 1 aliphatic heterocycles. The molecule has 29 heavy (non-hydrogen) atoms. The van der Waals surface area contributed by atoms with E-state index in [2.05, 4.69) is 10.2 Å². The van der Waals surface area contributed by atoms with E-state index < -0.39 is 21.8 Å². The first-order valence-electron chi connectivity index (χ1n) is 8.75.